The molecule has 2 aromatic rings. The number of hydrogen-bond acceptors (Lipinski definition) is 7. The summed E-state index contributed by atoms with van der Waals surface area (Å²) in [6.45, 7) is 1.51. The van der Waals surface area contributed by atoms with Gasteiger partial charge in [-0.05, 0) is 25.1 Å². The van der Waals surface area contributed by atoms with Gasteiger partial charge in [0.1, 0.15) is 5.75 Å². The summed E-state index contributed by atoms with van der Waals surface area (Å²) < 4.78 is 15.9. The van der Waals surface area contributed by atoms with Crippen LogP contribution in [0.5, 0.6) is 17.2 Å². The fraction of sp³-hybridized carbons (Fsp3) is 0.222. The molecule has 0 aliphatic rings. The first-order chi connectivity index (χ1) is 12.9. The number of non-ortho nitro benzene ring substituents is 1. The zero-order valence-corrected chi connectivity index (χ0v) is 14.9. The highest BCUT2D eigenvalue weighted by atomic mass is 16.6. The molecule has 0 aromatic heterocycles. The van der Waals surface area contributed by atoms with E-state index in [0.29, 0.717) is 11.3 Å². The standard InChI is InChI=1S/C18H17N3O6/c1-11(27-16-6-4-12(10-19)8-17(16)26-3)18(22)20-14-9-13(21(23)24)5-7-15(14)25-2/h4-9,11H,1-3H3,(H,20,22)/t11-/m0/s1. The van der Waals surface area contributed by atoms with Crippen molar-refractivity contribution in [1.29, 1.82) is 5.26 Å². The Balaban J connectivity index is 2.18. The summed E-state index contributed by atoms with van der Waals surface area (Å²) in [4.78, 5) is 22.8. The Kier molecular flexibility index (Phi) is 6.17. The van der Waals surface area contributed by atoms with Crippen molar-refractivity contribution < 1.29 is 23.9 Å². The van der Waals surface area contributed by atoms with E-state index >= 15 is 0 Å². The van der Waals surface area contributed by atoms with Crippen LogP contribution in [0.2, 0.25) is 0 Å². The largest absolute Gasteiger partial charge is 0.495 e. The minimum Gasteiger partial charge on any atom is -0.495 e. The Morgan fingerprint density at radius 3 is 2.41 bits per heavy atom. The molecule has 0 heterocycles. The molecule has 1 N–H and O–H groups in total. The molecule has 140 valence electrons. The van der Waals surface area contributed by atoms with Crippen LogP contribution >= 0.6 is 0 Å². The molecule has 2 rings (SSSR count). The van der Waals surface area contributed by atoms with Crippen LogP contribution in [0.3, 0.4) is 0 Å². The van der Waals surface area contributed by atoms with Gasteiger partial charge in [-0.15, -0.1) is 0 Å². The second-order valence-electron chi connectivity index (χ2n) is 5.37. The molecule has 0 radical (unpaired) electrons. The molecule has 0 spiro atoms. The van der Waals surface area contributed by atoms with Crippen molar-refractivity contribution in [2.75, 3.05) is 19.5 Å². The Hall–Kier alpha value is -3.80. The normalized spacial score (nSPS) is 11.0. The van der Waals surface area contributed by atoms with Gasteiger partial charge >= 0.3 is 0 Å². The lowest BCUT2D eigenvalue weighted by molar-refractivity contribution is -0.384. The number of nitrogens with zero attached hydrogens (tertiary/aromatic N) is 2. The number of anilines is 1. The third-order valence-corrected chi connectivity index (χ3v) is 3.62. The number of ether oxygens (including phenoxy) is 3. The molecule has 0 fully saturated rings. The smallest absolute Gasteiger partial charge is 0.271 e. The van der Waals surface area contributed by atoms with Gasteiger partial charge in [-0.25, -0.2) is 0 Å². The summed E-state index contributed by atoms with van der Waals surface area (Å²) in [5, 5.41) is 22.4. The molecule has 9 heteroatoms. The molecule has 0 aliphatic heterocycles. The number of nitro groups is 1. The van der Waals surface area contributed by atoms with E-state index in [9.17, 15) is 14.9 Å². The third kappa shape index (κ3) is 4.64. The number of methoxy groups -OCH3 is 2. The number of nitriles is 1. The molecule has 0 aliphatic carbocycles. The van der Waals surface area contributed by atoms with E-state index in [0.717, 1.165) is 0 Å². The summed E-state index contributed by atoms with van der Waals surface area (Å²) >= 11 is 0. The lowest BCUT2D eigenvalue weighted by Crippen LogP contribution is -2.30. The van der Waals surface area contributed by atoms with Gasteiger partial charge in [-0.1, -0.05) is 0 Å². The highest BCUT2D eigenvalue weighted by molar-refractivity contribution is 5.95. The Bertz CT molecular complexity index is 906. The van der Waals surface area contributed by atoms with Crippen molar-refractivity contribution >= 4 is 17.3 Å². The lowest BCUT2D eigenvalue weighted by Gasteiger charge is -2.17. The van der Waals surface area contributed by atoms with E-state index in [4.69, 9.17) is 19.5 Å². The first-order valence-corrected chi connectivity index (χ1v) is 7.77. The number of carbonyl (C=O) groups is 1. The fourth-order valence-electron chi connectivity index (χ4n) is 2.22. The van der Waals surface area contributed by atoms with Crippen LogP contribution in [-0.4, -0.2) is 31.2 Å². The number of amides is 1. The molecule has 1 atom stereocenters. The SMILES string of the molecule is COc1ccc([N+](=O)[O-])cc1NC(=O)[C@H](C)Oc1ccc(C#N)cc1OC. The number of nitrogens with one attached hydrogen (secondary N) is 1. The van der Waals surface area contributed by atoms with E-state index < -0.39 is 16.9 Å². The third-order valence-electron chi connectivity index (χ3n) is 3.62. The van der Waals surface area contributed by atoms with Crippen LogP contribution in [0, 0.1) is 21.4 Å². The summed E-state index contributed by atoms with van der Waals surface area (Å²) in [6.07, 6.45) is -0.948. The fourth-order valence-corrected chi connectivity index (χ4v) is 2.22. The van der Waals surface area contributed by atoms with E-state index in [1.165, 1.54) is 57.5 Å². The summed E-state index contributed by atoms with van der Waals surface area (Å²) in [7, 11) is 2.81. The van der Waals surface area contributed by atoms with Crippen LogP contribution in [-0.2, 0) is 4.79 Å². The Morgan fingerprint density at radius 1 is 1.15 bits per heavy atom. The van der Waals surface area contributed by atoms with Crippen molar-refractivity contribution in [1.82, 2.24) is 0 Å². The average molecular weight is 371 g/mol. The van der Waals surface area contributed by atoms with Gasteiger partial charge in [-0.3, -0.25) is 14.9 Å². The van der Waals surface area contributed by atoms with Crippen molar-refractivity contribution in [2.24, 2.45) is 0 Å². The van der Waals surface area contributed by atoms with Gasteiger partial charge in [-0.2, -0.15) is 5.26 Å². The van der Waals surface area contributed by atoms with Crippen LogP contribution in [0.1, 0.15) is 12.5 Å². The monoisotopic (exact) mass is 371 g/mol. The molecule has 0 saturated heterocycles. The average Bonchev–Trinajstić information content (AvgIpc) is 2.67. The van der Waals surface area contributed by atoms with Crippen molar-refractivity contribution in [2.45, 2.75) is 13.0 Å². The summed E-state index contributed by atoms with van der Waals surface area (Å²) in [5.74, 6) is 0.323. The number of nitro benzene ring substituents is 1. The highest BCUT2D eigenvalue weighted by Gasteiger charge is 2.20. The molecular weight excluding hydrogens is 354 g/mol. The molecule has 27 heavy (non-hydrogen) atoms. The van der Waals surface area contributed by atoms with E-state index in [1.807, 2.05) is 6.07 Å². The maximum absolute atomic E-state index is 12.4. The molecule has 0 unspecified atom stereocenters. The van der Waals surface area contributed by atoms with Gasteiger partial charge in [0, 0.05) is 18.2 Å². The van der Waals surface area contributed by atoms with Crippen LogP contribution in [0.25, 0.3) is 0 Å². The second kappa shape index (κ2) is 8.53. The minimum atomic E-state index is -0.948. The maximum Gasteiger partial charge on any atom is 0.271 e. The van der Waals surface area contributed by atoms with Crippen molar-refractivity contribution in [3.63, 3.8) is 0 Å². The number of carbonyl (C=O) groups excluding carboxylic acids is 1. The first-order valence-electron chi connectivity index (χ1n) is 7.77. The zero-order chi connectivity index (χ0) is 20.0. The zero-order valence-electron chi connectivity index (χ0n) is 14.9. The topological polar surface area (TPSA) is 124 Å². The lowest BCUT2D eigenvalue weighted by atomic mass is 10.2. The van der Waals surface area contributed by atoms with Crippen molar-refractivity contribution in [3.05, 3.63) is 52.1 Å². The molecule has 1 amide bonds. The summed E-state index contributed by atoms with van der Waals surface area (Å²) in [6, 6.07) is 10.4. The van der Waals surface area contributed by atoms with Gasteiger partial charge in [0.15, 0.2) is 17.6 Å². The van der Waals surface area contributed by atoms with E-state index in [2.05, 4.69) is 5.32 Å². The molecule has 0 bridgehead atoms. The number of rotatable bonds is 7. The molecule has 9 nitrogen and oxygen atoms in total. The van der Waals surface area contributed by atoms with Gasteiger partial charge in [0.05, 0.1) is 36.5 Å². The maximum atomic E-state index is 12.4. The molecule has 2 aromatic carbocycles. The number of hydrogen-bond donors (Lipinski definition) is 1. The van der Waals surface area contributed by atoms with E-state index in [-0.39, 0.29) is 22.9 Å². The Labute approximate surface area is 155 Å². The first kappa shape index (κ1) is 19.5. The predicted octanol–water partition coefficient (Wildman–Crippen LogP) is 2.89. The van der Waals surface area contributed by atoms with Crippen LogP contribution in [0.15, 0.2) is 36.4 Å². The van der Waals surface area contributed by atoms with Crippen LogP contribution in [0.4, 0.5) is 11.4 Å². The van der Waals surface area contributed by atoms with Gasteiger partial charge in [0.25, 0.3) is 11.6 Å². The van der Waals surface area contributed by atoms with Crippen molar-refractivity contribution in [3.8, 4) is 23.3 Å². The highest BCUT2D eigenvalue weighted by Crippen LogP contribution is 2.31. The van der Waals surface area contributed by atoms with Crippen LogP contribution < -0.4 is 19.5 Å². The Morgan fingerprint density at radius 2 is 1.81 bits per heavy atom. The second-order valence-corrected chi connectivity index (χ2v) is 5.37. The quantitative estimate of drug-likeness (QED) is 0.586. The van der Waals surface area contributed by atoms with E-state index in [1.54, 1.807) is 0 Å². The molecule has 0 saturated carbocycles. The summed E-state index contributed by atoms with van der Waals surface area (Å²) in [5.41, 5.74) is 0.352. The number of benzene rings is 2. The predicted molar refractivity (Wildman–Crippen MR) is 96.1 cm³/mol. The van der Waals surface area contributed by atoms with Gasteiger partial charge < -0.3 is 19.5 Å². The minimum absolute atomic E-state index is 0.152. The van der Waals surface area contributed by atoms with Gasteiger partial charge in [0.2, 0.25) is 0 Å². The molecular formula is C18H17N3O6.